The lowest BCUT2D eigenvalue weighted by atomic mass is 9.91. The van der Waals surface area contributed by atoms with Gasteiger partial charge in [0.25, 0.3) is 5.91 Å². The highest BCUT2D eigenvalue weighted by molar-refractivity contribution is 5.95. The molecule has 0 spiro atoms. The Labute approximate surface area is 112 Å². The molecule has 2 rings (SSSR count). The number of aromatic nitrogens is 2. The number of carbonyl (C=O) groups excluding carboxylic acids is 1. The maximum Gasteiger partial charge on any atom is 0.271 e. The number of amides is 1. The van der Waals surface area contributed by atoms with Crippen molar-refractivity contribution in [3.05, 3.63) is 11.9 Å². The summed E-state index contributed by atoms with van der Waals surface area (Å²) in [5.74, 6) is 0.386. The molecule has 0 unspecified atom stereocenters. The minimum atomic E-state index is -0.599. The Kier molecular flexibility index (Phi) is 4.16. The summed E-state index contributed by atoms with van der Waals surface area (Å²) in [4.78, 5) is 19.5. The van der Waals surface area contributed by atoms with Gasteiger partial charge >= 0.3 is 0 Å². The molecule has 0 saturated heterocycles. The minimum Gasteiger partial charge on any atom is -0.371 e. The van der Waals surface area contributed by atoms with Gasteiger partial charge in [-0.25, -0.2) is 9.97 Å². The first-order chi connectivity index (χ1) is 9.11. The lowest BCUT2D eigenvalue weighted by molar-refractivity contribution is 0.0996. The van der Waals surface area contributed by atoms with E-state index in [2.05, 4.69) is 20.6 Å². The zero-order chi connectivity index (χ0) is 13.8. The number of primary amides is 1. The average Bonchev–Trinajstić information content (AvgIpc) is 2.41. The highest BCUT2D eigenvalue weighted by atomic mass is 16.1. The van der Waals surface area contributed by atoms with E-state index in [-0.39, 0.29) is 17.8 Å². The van der Waals surface area contributed by atoms with Crippen molar-refractivity contribution in [3.8, 4) is 0 Å². The molecular weight excluding hydrogens is 244 g/mol. The number of nitrogens with one attached hydrogen (secondary N) is 2. The summed E-state index contributed by atoms with van der Waals surface area (Å²) in [7, 11) is 1.67. The smallest absolute Gasteiger partial charge is 0.271 e. The monoisotopic (exact) mass is 264 g/mol. The fraction of sp³-hybridized carbons (Fsp3) is 0.583. The summed E-state index contributed by atoms with van der Waals surface area (Å²) >= 11 is 0. The van der Waals surface area contributed by atoms with Gasteiger partial charge in [-0.3, -0.25) is 4.79 Å². The topological polar surface area (TPSA) is 119 Å². The Bertz CT molecular complexity index is 464. The van der Waals surface area contributed by atoms with Crippen LogP contribution in [0.5, 0.6) is 0 Å². The molecule has 7 nitrogen and oxygen atoms in total. The quantitative estimate of drug-likeness (QED) is 0.621. The normalized spacial score (nSPS) is 22.8. The Balaban J connectivity index is 2.14. The van der Waals surface area contributed by atoms with Crippen LogP contribution in [-0.2, 0) is 0 Å². The molecule has 1 aromatic heterocycles. The summed E-state index contributed by atoms with van der Waals surface area (Å²) in [6, 6.07) is 0.330. The van der Waals surface area contributed by atoms with Crippen LogP contribution in [0.2, 0.25) is 0 Å². The summed E-state index contributed by atoms with van der Waals surface area (Å²) in [6.45, 7) is 0. The first kappa shape index (κ1) is 13.5. The van der Waals surface area contributed by atoms with Crippen LogP contribution in [0.1, 0.15) is 36.2 Å². The largest absolute Gasteiger partial charge is 0.371 e. The van der Waals surface area contributed by atoms with E-state index < -0.39 is 5.91 Å². The Morgan fingerprint density at radius 1 is 1.42 bits per heavy atom. The molecule has 104 valence electrons. The number of nitrogens with two attached hydrogens (primary N) is 2. The van der Waals surface area contributed by atoms with Crippen LogP contribution in [0.3, 0.4) is 0 Å². The molecule has 1 aliphatic carbocycles. The predicted molar refractivity (Wildman–Crippen MR) is 74.0 cm³/mol. The Morgan fingerprint density at radius 3 is 2.79 bits per heavy atom. The third-order valence-electron chi connectivity index (χ3n) is 3.40. The molecule has 1 aromatic rings. The molecule has 6 N–H and O–H groups in total. The Hall–Kier alpha value is -1.89. The number of anilines is 2. The number of rotatable bonds is 4. The summed E-state index contributed by atoms with van der Waals surface area (Å²) in [5.41, 5.74) is 11.4. The second kappa shape index (κ2) is 5.83. The maximum absolute atomic E-state index is 11.2. The van der Waals surface area contributed by atoms with Gasteiger partial charge in [0.05, 0.1) is 6.20 Å². The van der Waals surface area contributed by atoms with Gasteiger partial charge in [0, 0.05) is 19.1 Å². The van der Waals surface area contributed by atoms with Crippen LogP contribution in [0.4, 0.5) is 11.6 Å². The van der Waals surface area contributed by atoms with Crippen LogP contribution in [0.25, 0.3) is 0 Å². The second-order valence-electron chi connectivity index (χ2n) is 4.77. The van der Waals surface area contributed by atoms with Gasteiger partial charge in [0.2, 0.25) is 0 Å². The van der Waals surface area contributed by atoms with Gasteiger partial charge in [0.1, 0.15) is 5.82 Å². The van der Waals surface area contributed by atoms with Crippen molar-refractivity contribution >= 4 is 17.5 Å². The maximum atomic E-state index is 11.2. The molecule has 7 heteroatoms. The molecule has 0 bridgehead atoms. The molecule has 1 saturated carbocycles. The van der Waals surface area contributed by atoms with Crippen LogP contribution in [-0.4, -0.2) is 35.0 Å². The number of hydrogen-bond donors (Lipinski definition) is 4. The summed E-state index contributed by atoms with van der Waals surface area (Å²) < 4.78 is 0. The van der Waals surface area contributed by atoms with Gasteiger partial charge in [-0.15, -0.1) is 0 Å². The predicted octanol–water partition coefficient (Wildman–Crippen LogP) is 0.299. The fourth-order valence-corrected chi connectivity index (χ4v) is 2.34. The Morgan fingerprint density at radius 2 is 2.16 bits per heavy atom. The van der Waals surface area contributed by atoms with E-state index in [1.165, 1.54) is 12.6 Å². The van der Waals surface area contributed by atoms with Crippen molar-refractivity contribution in [3.63, 3.8) is 0 Å². The van der Waals surface area contributed by atoms with E-state index in [0.717, 1.165) is 19.3 Å². The molecule has 1 fully saturated rings. The lowest BCUT2D eigenvalue weighted by Crippen LogP contribution is -2.42. The second-order valence-corrected chi connectivity index (χ2v) is 4.77. The van der Waals surface area contributed by atoms with Gasteiger partial charge < -0.3 is 22.1 Å². The van der Waals surface area contributed by atoms with E-state index in [0.29, 0.717) is 11.6 Å². The standard InChI is InChI=1S/C12H20N6O/c1-15-12-10(11(14)19)16-6-9(18-12)17-8-5-3-2-4-7(8)13/h6-8H,2-5,13H2,1H3,(H2,14,19)(H2,15,17,18)/t7-,8+/m0/s1. The van der Waals surface area contributed by atoms with Gasteiger partial charge in [-0.2, -0.15) is 0 Å². The number of hydrogen-bond acceptors (Lipinski definition) is 6. The average molecular weight is 264 g/mol. The van der Waals surface area contributed by atoms with Crippen molar-refractivity contribution < 1.29 is 4.79 Å². The number of carbonyl (C=O) groups is 1. The van der Waals surface area contributed by atoms with Crippen molar-refractivity contribution in [1.82, 2.24) is 9.97 Å². The molecule has 2 atom stereocenters. The first-order valence-corrected chi connectivity index (χ1v) is 6.48. The highest BCUT2D eigenvalue weighted by Gasteiger charge is 2.22. The van der Waals surface area contributed by atoms with E-state index in [1.54, 1.807) is 7.05 Å². The van der Waals surface area contributed by atoms with Crippen LogP contribution in [0, 0.1) is 0 Å². The van der Waals surface area contributed by atoms with Gasteiger partial charge in [-0.1, -0.05) is 12.8 Å². The van der Waals surface area contributed by atoms with Crippen molar-refractivity contribution in [2.75, 3.05) is 17.7 Å². The molecule has 1 aliphatic rings. The molecule has 19 heavy (non-hydrogen) atoms. The molecular formula is C12H20N6O. The highest BCUT2D eigenvalue weighted by Crippen LogP contribution is 2.21. The number of nitrogens with zero attached hydrogens (tertiary/aromatic N) is 2. The zero-order valence-electron chi connectivity index (χ0n) is 11.0. The fourth-order valence-electron chi connectivity index (χ4n) is 2.34. The molecule has 1 amide bonds. The molecule has 0 aromatic carbocycles. The third kappa shape index (κ3) is 3.11. The zero-order valence-corrected chi connectivity index (χ0v) is 11.0. The third-order valence-corrected chi connectivity index (χ3v) is 3.40. The molecule has 0 radical (unpaired) electrons. The van der Waals surface area contributed by atoms with Crippen molar-refractivity contribution in [2.24, 2.45) is 11.5 Å². The van der Waals surface area contributed by atoms with Crippen molar-refractivity contribution in [1.29, 1.82) is 0 Å². The molecule has 1 heterocycles. The van der Waals surface area contributed by atoms with Gasteiger partial charge in [0.15, 0.2) is 11.5 Å². The van der Waals surface area contributed by atoms with E-state index in [1.807, 2.05) is 0 Å². The van der Waals surface area contributed by atoms with Crippen LogP contribution >= 0.6 is 0 Å². The van der Waals surface area contributed by atoms with Gasteiger partial charge in [-0.05, 0) is 12.8 Å². The van der Waals surface area contributed by atoms with Crippen molar-refractivity contribution in [2.45, 2.75) is 37.8 Å². The summed E-state index contributed by atoms with van der Waals surface area (Å²) in [5, 5.41) is 6.10. The van der Waals surface area contributed by atoms with Crippen LogP contribution < -0.4 is 22.1 Å². The minimum absolute atomic E-state index is 0.129. The van der Waals surface area contributed by atoms with Crippen LogP contribution in [0.15, 0.2) is 6.20 Å². The molecule has 0 aliphatic heterocycles. The first-order valence-electron chi connectivity index (χ1n) is 6.48. The van der Waals surface area contributed by atoms with E-state index in [4.69, 9.17) is 11.5 Å². The van der Waals surface area contributed by atoms with E-state index in [9.17, 15) is 4.79 Å². The van der Waals surface area contributed by atoms with E-state index >= 15 is 0 Å². The lowest BCUT2D eigenvalue weighted by Gasteiger charge is -2.29. The SMILES string of the molecule is CNc1nc(N[C@@H]2CCCC[C@@H]2N)cnc1C(N)=O. The summed E-state index contributed by atoms with van der Waals surface area (Å²) in [6.07, 6.45) is 5.89.